The van der Waals surface area contributed by atoms with Gasteiger partial charge in [0.25, 0.3) is 0 Å². The Bertz CT molecular complexity index is 334. The van der Waals surface area contributed by atoms with Crippen LogP contribution in [-0.4, -0.2) is 72.8 Å². The molecule has 0 aliphatic carbocycles. The van der Waals surface area contributed by atoms with E-state index in [2.05, 4.69) is 25.8 Å². The number of carbonyl (C=O) groups is 1. The van der Waals surface area contributed by atoms with Gasteiger partial charge < -0.3 is 14.5 Å². The molecule has 2 heterocycles. The van der Waals surface area contributed by atoms with Crippen LogP contribution in [0.25, 0.3) is 0 Å². The summed E-state index contributed by atoms with van der Waals surface area (Å²) in [6.07, 6.45) is 1.84. The first-order valence-corrected chi connectivity index (χ1v) is 7.62. The van der Waals surface area contributed by atoms with Gasteiger partial charge in [0.05, 0.1) is 5.60 Å². The first-order valence-electron chi connectivity index (χ1n) is 7.62. The molecule has 2 rings (SSSR count). The van der Waals surface area contributed by atoms with Gasteiger partial charge >= 0.3 is 6.03 Å². The highest BCUT2D eigenvalue weighted by atomic mass is 16.5. The van der Waals surface area contributed by atoms with Crippen molar-refractivity contribution in [3.05, 3.63) is 0 Å². The number of urea groups is 1. The van der Waals surface area contributed by atoms with Crippen molar-refractivity contribution in [3.63, 3.8) is 0 Å². The quantitative estimate of drug-likeness (QED) is 0.685. The van der Waals surface area contributed by atoms with Crippen molar-refractivity contribution in [2.75, 3.05) is 41.0 Å². The van der Waals surface area contributed by atoms with E-state index in [0.29, 0.717) is 6.73 Å². The largest absolute Gasteiger partial charge is 0.358 e. The number of ether oxygens (including phenoxy) is 1. The van der Waals surface area contributed by atoms with Crippen LogP contribution >= 0.6 is 0 Å². The molecule has 2 amide bonds. The third kappa shape index (κ3) is 2.79. The smallest absolute Gasteiger partial charge is 0.319 e. The van der Waals surface area contributed by atoms with Crippen molar-refractivity contribution < 1.29 is 9.53 Å². The molecule has 0 saturated carbocycles. The van der Waals surface area contributed by atoms with Gasteiger partial charge in [-0.1, -0.05) is 13.8 Å². The summed E-state index contributed by atoms with van der Waals surface area (Å²) in [5.41, 5.74) is -0.0505. The number of rotatable bonds is 0. The maximum atomic E-state index is 11.9. The molecule has 1 spiro atoms. The Balaban J connectivity index is 0.000000956. The summed E-state index contributed by atoms with van der Waals surface area (Å²) < 4.78 is 6.07. The van der Waals surface area contributed by atoms with Crippen LogP contribution in [0.3, 0.4) is 0 Å². The average molecular weight is 285 g/mol. The molecule has 0 aromatic carbocycles. The molecule has 0 unspecified atom stereocenters. The fraction of sp³-hybridized carbons (Fsp3) is 0.933. The lowest BCUT2D eigenvalue weighted by Gasteiger charge is -2.47. The second-order valence-electron chi connectivity index (χ2n) is 6.19. The molecule has 2 aliphatic rings. The SMILES string of the molecule is CC.CN(C)C(=O)N1CCC2(CC1)OCN(C)C2(C)C. The third-order valence-electron chi connectivity index (χ3n) is 4.83. The third-order valence-corrected chi connectivity index (χ3v) is 4.83. The lowest BCUT2D eigenvalue weighted by Crippen LogP contribution is -2.59. The Labute approximate surface area is 123 Å². The van der Waals surface area contributed by atoms with Gasteiger partial charge in [0.1, 0.15) is 6.73 Å². The molecule has 0 aromatic rings. The maximum absolute atomic E-state index is 11.9. The summed E-state index contributed by atoms with van der Waals surface area (Å²) in [5, 5.41) is 0. The highest BCUT2D eigenvalue weighted by Crippen LogP contribution is 2.44. The van der Waals surface area contributed by atoms with Crippen molar-refractivity contribution in [3.8, 4) is 0 Å². The Morgan fingerprint density at radius 2 is 1.65 bits per heavy atom. The Hall–Kier alpha value is -0.810. The summed E-state index contributed by atoms with van der Waals surface area (Å²) in [6.45, 7) is 10.7. The fourth-order valence-corrected chi connectivity index (χ4v) is 3.00. The van der Waals surface area contributed by atoms with Gasteiger partial charge in [-0.15, -0.1) is 0 Å². The zero-order valence-corrected chi connectivity index (χ0v) is 14.2. The van der Waals surface area contributed by atoms with Crippen LogP contribution in [0.4, 0.5) is 4.79 Å². The Morgan fingerprint density at radius 1 is 1.15 bits per heavy atom. The summed E-state index contributed by atoms with van der Waals surface area (Å²) >= 11 is 0. The van der Waals surface area contributed by atoms with Crippen molar-refractivity contribution in [2.24, 2.45) is 0 Å². The topological polar surface area (TPSA) is 36.0 Å². The number of hydrogen-bond donors (Lipinski definition) is 0. The zero-order chi connectivity index (χ0) is 15.6. The van der Waals surface area contributed by atoms with E-state index in [4.69, 9.17) is 4.74 Å². The molecule has 118 valence electrons. The van der Waals surface area contributed by atoms with E-state index in [0.717, 1.165) is 25.9 Å². The molecule has 2 fully saturated rings. The second-order valence-corrected chi connectivity index (χ2v) is 6.19. The number of piperidine rings is 1. The lowest BCUT2D eigenvalue weighted by atomic mass is 9.75. The van der Waals surface area contributed by atoms with Gasteiger partial charge in [-0.3, -0.25) is 4.90 Å². The van der Waals surface area contributed by atoms with Gasteiger partial charge in [-0.2, -0.15) is 0 Å². The highest BCUT2D eigenvalue weighted by molar-refractivity contribution is 5.73. The standard InChI is InChI=1S/C13H25N3O2.C2H6/c1-12(2)13(18-10-15(12)5)6-8-16(9-7-13)11(17)14(3)4;1-2/h6-10H2,1-5H3;1-2H3. The molecule has 2 saturated heterocycles. The fourth-order valence-electron chi connectivity index (χ4n) is 3.00. The molecule has 0 N–H and O–H groups in total. The molecule has 20 heavy (non-hydrogen) atoms. The maximum Gasteiger partial charge on any atom is 0.319 e. The van der Waals surface area contributed by atoms with E-state index in [9.17, 15) is 4.79 Å². The van der Waals surface area contributed by atoms with Crippen LogP contribution in [0, 0.1) is 0 Å². The monoisotopic (exact) mass is 285 g/mol. The molecular formula is C15H31N3O2. The van der Waals surface area contributed by atoms with Gasteiger partial charge in [0.2, 0.25) is 0 Å². The predicted molar refractivity (Wildman–Crippen MR) is 81.8 cm³/mol. The minimum absolute atomic E-state index is 0.0419. The van der Waals surface area contributed by atoms with E-state index in [1.807, 2.05) is 18.7 Å². The second kappa shape index (κ2) is 6.31. The lowest BCUT2D eigenvalue weighted by molar-refractivity contribution is -0.0639. The minimum Gasteiger partial charge on any atom is -0.358 e. The molecule has 0 bridgehead atoms. The molecule has 0 aromatic heterocycles. The predicted octanol–water partition coefficient (Wildman–Crippen LogP) is 2.23. The normalized spacial score (nSPS) is 24.2. The van der Waals surface area contributed by atoms with Crippen LogP contribution in [-0.2, 0) is 4.74 Å². The summed E-state index contributed by atoms with van der Waals surface area (Å²) in [5.74, 6) is 0. The summed E-state index contributed by atoms with van der Waals surface area (Å²) in [7, 11) is 5.71. The van der Waals surface area contributed by atoms with Crippen molar-refractivity contribution in [1.29, 1.82) is 0 Å². The molecular weight excluding hydrogens is 254 g/mol. The van der Waals surface area contributed by atoms with Gasteiger partial charge in [0, 0.05) is 32.7 Å². The van der Waals surface area contributed by atoms with Crippen molar-refractivity contribution >= 4 is 6.03 Å². The van der Waals surface area contributed by atoms with Gasteiger partial charge in [0.15, 0.2) is 0 Å². The van der Waals surface area contributed by atoms with Crippen LogP contribution < -0.4 is 0 Å². The Kier molecular flexibility index (Phi) is 5.44. The molecule has 0 atom stereocenters. The van der Waals surface area contributed by atoms with Crippen LogP contribution in [0.1, 0.15) is 40.5 Å². The first-order chi connectivity index (χ1) is 9.30. The van der Waals surface area contributed by atoms with E-state index >= 15 is 0 Å². The summed E-state index contributed by atoms with van der Waals surface area (Å²) in [6, 6.07) is 0.106. The van der Waals surface area contributed by atoms with E-state index in [-0.39, 0.29) is 17.2 Å². The van der Waals surface area contributed by atoms with E-state index in [1.54, 1.807) is 19.0 Å². The van der Waals surface area contributed by atoms with Crippen LogP contribution in [0.2, 0.25) is 0 Å². The molecule has 5 nitrogen and oxygen atoms in total. The minimum atomic E-state index is -0.0924. The van der Waals surface area contributed by atoms with Crippen molar-refractivity contribution in [1.82, 2.24) is 14.7 Å². The first kappa shape index (κ1) is 17.2. The zero-order valence-electron chi connectivity index (χ0n) is 14.2. The van der Waals surface area contributed by atoms with E-state index < -0.39 is 0 Å². The number of hydrogen-bond acceptors (Lipinski definition) is 3. The molecule has 2 aliphatic heterocycles. The van der Waals surface area contributed by atoms with Crippen LogP contribution in [0.5, 0.6) is 0 Å². The number of likely N-dealkylation sites (tertiary alicyclic amines) is 1. The van der Waals surface area contributed by atoms with Crippen molar-refractivity contribution in [2.45, 2.75) is 51.7 Å². The number of likely N-dealkylation sites (N-methyl/N-ethyl adjacent to an activating group) is 1. The molecule has 0 radical (unpaired) electrons. The van der Waals surface area contributed by atoms with Crippen LogP contribution in [0.15, 0.2) is 0 Å². The number of amides is 2. The number of nitrogens with zero attached hydrogens (tertiary/aromatic N) is 3. The van der Waals surface area contributed by atoms with E-state index in [1.165, 1.54) is 0 Å². The number of carbonyl (C=O) groups excluding carboxylic acids is 1. The van der Waals surface area contributed by atoms with Gasteiger partial charge in [-0.05, 0) is 33.7 Å². The average Bonchev–Trinajstić information content (AvgIpc) is 2.65. The molecule has 5 heteroatoms. The highest BCUT2D eigenvalue weighted by Gasteiger charge is 2.54. The summed E-state index contributed by atoms with van der Waals surface area (Å²) in [4.78, 5) is 17.8. The Morgan fingerprint density at radius 3 is 2.00 bits per heavy atom. The van der Waals surface area contributed by atoms with Gasteiger partial charge in [-0.25, -0.2) is 4.79 Å².